The normalized spacial score (nSPS) is 24.4. The van der Waals surface area contributed by atoms with Gasteiger partial charge in [0.15, 0.2) is 9.84 Å². The third-order valence-electron chi connectivity index (χ3n) is 2.64. The van der Waals surface area contributed by atoms with E-state index in [0.717, 1.165) is 0 Å². The molecule has 6 heteroatoms. The zero-order valence-corrected chi connectivity index (χ0v) is 8.84. The number of hydrogen-bond donors (Lipinski definition) is 1. The van der Waals surface area contributed by atoms with Crippen molar-refractivity contribution in [1.82, 2.24) is 0 Å². The lowest BCUT2D eigenvalue weighted by molar-refractivity contribution is -0.144. The summed E-state index contributed by atoms with van der Waals surface area (Å²) in [5, 5.41) is 8.66. The molecule has 1 heterocycles. The van der Waals surface area contributed by atoms with Crippen LogP contribution in [0.4, 0.5) is 0 Å². The van der Waals surface area contributed by atoms with Crippen LogP contribution in [0.1, 0.15) is 19.3 Å². The first-order valence-corrected chi connectivity index (χ1v) is 6.19. The summed E-state index contributed by atoms with van der Waals surface area (Å²) < 4.78 is 27.4. The van der Waals surface area contributed by atoms with Gasteiger partial charge in [0.1, 0.15) is 0 Å². The third-order valence-corrected chi connectivity index (χ3v) is 4.30. The van der Waals surface area contributed by atoms with E-state index in [4.69, 9.17) is 9.84 Å². The molecule has 1 rings (SSSR count). The highest BCUT2D eigenvalue weighted by Gasteiger charge is 2.39. The highest BCUT2D eigenvalue weighted by molar-refractivity contribution is 7.91. The number of aliphatic carboxylic acids is 1. The highest BCUT2D eigenvalue weighted by Crippen LogP contribution is 2.30. The monoisotopic (exact) mass is 222 g/mol. The first-order chi connectivity index (χ1) is 6.39. The fourth-order valence-electron chi connectivity index (χ4n) is 1.64. The Kier molecular flexibility index (Phi) is 3.16. The Morgan fingerprint density at radius 1 is 1.43 bits per heavy atom. The maximum Gasteiger partial charge on any atom is 0.306 e. The van der Waals surface area contributed by atoms with Crippen LogP contribution in [-0.4, -0.2) is 43.7 Å². The number of methoxy groups -OCH3 is 1. The maximum atomic E-state index is 11.1. The Labute approximate surface area is 83.0 Å². The van der Waals surface area contributed by atoms with Crippen LogP contribution in [0, 0.1) is 0 Å². The number of rotatable bonds is 3. The minimum atomic E-state index is -2.97. The molecule has 0 unspecified atom stereocenters. The molecule has 82 valence electrons. The molecule has 0 aliphatic carbocycles. The molecule has 0 aromatic rings. The summed E-state index contributed by atoms with van der Waals surface area (Å²) in [4.78, 5) is 10.6. The van der Waals surface area contributed by atoms with E-state index in [9.17, 15) is 13.2 Å². The van der Waals surface area contributed by atoms with Gasteiger partial charge >= 0.3 is 5.97 Å². The van der Waals surface area contributed by atoms with E-state index in [-0.39, 0.29) is 30.8 Å². The predicted octanol–water partition coefficient (Wildman–Crippen LogP) is 0.0549. The molecule has 1 aliphatic heterocycles. The molecule has 14 heavy (non-hydrogen) atoms. The van der Waals surface area contributed by atoms with Gasteiger partial charge in [0.05, 0.1) is 23.5 Å². The molecule has 0 spiro atoms. The smallest absolute Gasteiger partial charge is 0.306 e. The molecule has 0 saturated carbocycles. The van der Waals surface area contributed by atoms with Gasteiger partial charge in [0, 0.05) is 7.11 Å². The summed E-state index contributed by atoms with van der Waals surface area (Å²) in [7, 11) is -1.54. The summed E-state index contributed by atoms with van der Waals surface area (Å²) in [5.74, 6) is -0.909. The average Bonchev–Trinajstić information content (AvgIpc) is 2.09. The molecule has 0 amide bonds. The topological polar surface area (TPSA) is 80.7 Å². The summed E-state index contributed by atoms with van der Waals surface area (Å²) in [5.41, 5.74) is -0.781. The van der Waals surface area contributed by atoms with E-state index in [2.05, 4.69) is 0 Å². The number of carbonyl (C=O) groups is 1. The minimum absolute atomic E-state index is 0.0219. The van der Waals surface area contributed by atoms with Crippen LogP contribution in [-0.2, 0) is 19.4 Å². The van der Waals surface area contributed by atoms with Gasteiger partial charge in [-0.3, -0.25) is 4.79 Å². The van der Waals surface area contributed by atoms with Crippen molar-refractivity contribution in [2.24, 2.45) is 0 Å². The summed E-state index contributed by atoms with van der Waals surface area (Å²) in [6.45, 7) is 0. The first kappa shape index (κ1) is 11.5. The van der Waals surface area contributed by atoms with Crippen LogP contribution in [0.5, 0.6) is 0 Å². The highest BCUT2D eigenvalue weighted by atomic mass is 32.2. The van der Waals surface area contributed by atoms with Gasteiger partial charge in [-0.15, -0.1) is 0 Å². The summed E-state index contributed by atoms with van der Waals surface area (Å²) in [6.07, 6.45) is 0.426. The van der Waals surface area contributed by atoms with E-state index < -0.39 is 21.4 Å². The lowest BCUT2D eigenvalue weighted by atomic mass is 9.92. The zero-order chi connectivity index (χ0) is 10.8. The van der Waals surface area contributed by atoms with Crippen LogP contribution in [0.25, 0.3) is 0 Å². The molecule has 1 aliphatic rings. The number of ether oxygens (including phenoxy) is 1. The second-order valence-corrected chi connectivity index (χ2v) is 5.91. The Hall–Kier alpha value is -0.620. The van der Waals surface area contributed by atoms with Crippen molar-refractivity contribution in [3.8, 4) is 0 Å². The molecule has 0 bridgehead atoms. The first-order valence-electron chi connectivity index (χ1n) is 4.37. The molecule has 0 radical (unpaired) electrons. The number of sulfone groups is 1. The van der Waals surface area contributed by atoms with E-state index in [1.165, 1.54) is 7.11 Å². The van der Waals surface area contributed by atoms with E-state index >= 15 is 0 Å². The van der Waals surface area contributed by atoms with Crippen molar-refractivity contribution >= 4 is 15.8 Å². The molecule has 0 aromatic carbocycles. The fraction of sp³-hybridized carbons (Fsp3) is 0.875. The van der Waals surface area contributed by atoms with Gasteiger partial charge in [-0.2, -0.15) is 0 Å². The van der Waals surface area contributed by atoms with Crippen molar-refractivity contribution in [3.63, 3.8) is 0 Å². The second kappa shape index (κ2) is 3.86. The van der Waals surface area contributed by atoms with Crippen LogP contribution >= 0.6 is 0 Å². The van der Waals surface area contributed by atoms with Crippen LogP contribution in [0.15, 0.2) is 0 Å². The number of hydrogen-bond acceptors (Lipinski definition) is 4. The third kappa shape index (κ3) is 2.68. The van der Waals surface area contributed by atoms with Gasteiger partial charge in [-0.1, -0.05) is 0 Å². The average molecular weight is 222 g/mol. The standard InChI is InChI=1S/C8H14O5S/c1-13-8(6-7(9)10)2-4-14(11,12)5-3-8/h2-6H2,1H3,(H,9,10). The predicted molar refractivity (Wildman–Crippen MR) is 49.9 cm³/mol. The van der Waals surface area contributed by atoms with E-state index in [0.29, 0.717) is 0 Å². The van der Waals surface area contributed by atoms with Crippen molar-refractivity contribution in [3.05, 3.63) is 0 Å². The maximum absolute atomic E-state index is 11.1. The van der Waals surface area contributed by atoms with Crippen LogP contribution < -0.4 is 0 Å². The SMILES string of the molecule is COC1(CC(=O)O)CCS(=O)(=O)CC1. The molecule has 1 fully saturated rings. The van der Waals surface area contributed by atoms with Crippen molar-refractivity contribution in [2.75, 3.05) is 18.6 Å². The summed E-state index contributed by atoms with van der Waals surface area (Å²) >= 11 is 0. The Balaban J connectivity index is 2.70. The Bertz CT molecular complexity index is 305. The molecule has 5 nitrogen and oxygen atoms in total. The lowest BCUT2D eigenvalue weighted by Gasteiger charge is -2.34. The Morgan fingerprint density at radius 2 is 1.93 bits per heavy atom. The largest absolute Gasteiger partial charge is 0.481 e. The number of carboxylic acids is 1. The van der Waals surface area contributed by atoms with E-state index in [1.807, 2.05) is 0 Å². The summed E-state index contributed by atoms with van der Waals surface area (Å²) in [6, 6.07) is 0. The van der Waals surface area contributed by atoms with Crippen molar-refractivity contribution in [2.45, 2.75) is 24.9 Å². The molecular weight excluding hydrogens is 208 g/mol. The zero-order valence-electron chi connectivity index (χ0n) is 8.02. The van der Waals surface area contributed by atoms with Crippen molar-refractivity contribution < 1.29 is 23.1 Å². The van der Waals surface area contributed by atoms with E-state index in [1.54, 1.807) is 0 Å². The molecule has 1 saturated heterocycles. The van der Waals surface area contributed by atoms with Crippen LogP contribution in [0.3, 0.4) is 0 Å². The molecule has 0 aromatic heterocycles. The van der Waals surface area contributed by atoms with Crippen LogP contribution in [0.2, 0.25) is 0 Å². The quantitative estimate of drug-likeness (QED) is 0.730. The van der Waals surface area contributed by atoms with Gasteiger partial charge in [-0.25, -0.2) is 8.42 Å². The molecular formula is C8H14O5S. The lowest BCUT2D eigenvalue weighted by Crippen LogP contribution is -2.42. The molecule has 0 atom stereocenters. The Morgan fingerprint density at radius 3 is 2.29 bits per heavy atom. The number of carboxylic acid groups (broad SMARTS) is 1. The van der Waals surface area contributed by atoms with Gasteiger partial charge in [0.25, 0.3) is 0 Å². The minimum Gasteiger partial charge on any atom is -0.481 e. The van der Waals surface area contributed by atoms with Gasteiger partial charge in [-0.05, 0) is 12.8 Å². The van der Waals surface area contributed by atoms with Gasteiger partial charge < -0.3 is 9.84 Å². The molecule has 1 N–H and O–H groups in total. The van der Waals surface area contributed by atoms with Gasteiger partial charge in [0.2, 0.25) is 0 Å². The van der Waals surface area contributed by atoms with Crippen molar-refractivity contribution in [1.29, 1.82) is 0 Å². The second-order valence-electron chi connectivity index (χ2n) is 3.61. The fourth-order valence-corrected chi connectivity index (χ4v) is 3.21.